The van der Waals surface area contributed by atoms with Gasteiger partial charge in [-0.2, -0.15) is 0 Å². The Bertz CT molecular complexity index is 349. The predicted molar refractivity (Wildman–Crippen MR) is 48.5 cm³/mol. The lowest BCUT2D eigenvalue weighted by Gasteiger charge is -1.99. The van der Waals surface area contributed by atoms with E-state index in [-0.39, 0.29) is 0 Å². The van der Waals surface area contributed by atoms with E-state index in [1.165, 1.54) is 11.3 Å². The van der Waals surface area contributed by atoms with Gasteiger partial charge in [0.15, 0.2) is 5.82 Å². The average molecular weight is 193 g/mol. The lowest BCUT2D eigenvalue weighted by molar-refractivity contribution is 0.286. The standard InChI is InChI=1S/C8H7N3OS/c1-2-9-7(10-3-1)4-12-8-5-13-6-11-8/h1-3,5-6H,4H2. The van der Waals surface area contributed by atoms with E-state index in [9.17, 15) is 0 Å². The molecule has 13 heavy (non-hydrogen) atoms. The van der Waals surface area contributed by atoms with E-state index in [0.717, 1.165) is 0 Å². The molecular formula is C8H7N3OS. The summed E-state index contributed by atoms with van der Waals surface area (Å²) in [6.07, 6.45) is 3.37. The summed E-state index contributed by atoms with van der Waals surface area (Å²) in [5.41, 5.74) is 1.72. The van der Waals surface area contributed by atoms with Crippen molar-refractivity contribution in [2.24, 2.45) is 0 Å². The summed E-state index contributed by atoms with van der Waals surface area (Å²) in [4.78, 5) is 12.0. The van der Waals surface area contributed by atoms with Gasteiger partial charge in [-0.3, -0.25) is 0 Å². The van der Waals surface area contributed by atoms with E-state index in [1.807, 2.05) is 5.38 Å². The van der Waals surface area contributed by atoms with Crippen molar-refractivity contribution in [3.63, 3.8) is 0 Å². The first-order valence-electron chi connectivity index (χ1n) is 3.72. The molecule has 0 amide bonds. The van der Waals surface area contributed by atoms with Crippen LogP contribution in [0.3, 0.4) is 0 Å². The molecule has 0 fully saturated rings. The molecule has 0 aliphatic heterocycles. The van der Waals surface area contributed by atoms with Crippen molar-refractivity contribution in [3.8, 4) is 5.88 Å². The van der Waals surface area contributed by atoms with E-state index in [2.05, 4.69) is 15.0 Å². The average Bonchev–Trinajstić information content (AvgIpc) is 2.69. The van der Waals surface area contributed by atoms with Gasteiger partial charge in [-0.15, -0.1) is 11.3 Å². The van der Waals surface area contributed by atoms with E-state index in [0.29, 0.717) is 18.3 Å². The van der Waals surface area contributed by atoms with Gasteiger partial charge in [0, 0.05) is 12.4 Å². The summed E-state index contributed by atoms with van der Waals surface area (Å²) < 4.78 is 5.31. The maximum absolute atomic E-state index is 5.31. The molecule has 2 aromatic heterocycles. The van der Waals surface area contributed by atoms with E-state index < -0.39 is 0 Å². The maximum Gasteiger partial charge on any atom is 0.224 e. The second-order valence-corrected chi connectivity index (χ2v) is 3.00. The second kappa shape index (κ2) is 3.95. The third-order valence-electron chi connectivity index (χ3n) is 1.38. The van der Waals surface area contributed by atoms with Gasteiger partial charge in [-0.05, 0) is 6.07 Å². The van der Waals surface area contributed by atoms with Gasteiger partial charge < -0.3 is 4.74 Å². The SMILES string of the molecule is c1cnc(COc2cscn2)nc1. The van der Waals surface area contributed by atoms with E-state index >= 15 is 0 Å². The molecule has 0 spiro atoms. The van der Waals surface area contributed by atoms with Gasteiger partial charge in [-0.25, -0.2) is 15.0 Å². The van der Waals surface area contributed by atoms with Crippen LogP contribution in [0.2, 0.25) is 0 Å². The smallest absolute Gasteiger partial charge is 0.224 e. The molecule has 2 aromatic rings. The minimum atomic E-state index is 0.366. The molecule has 0 saturated heterocycles. The quantitative estimate of drug-likeness (QED) is 0.741. The summed E-state index contributed by atoms with van der Waals surface area (Å²) >= 11 is 1.50. The Balaban J connectivity index is 1.94. The van der Waals surface area contributed by atoms with Gasteiger partial charge in [-0.1, -0.05) is 0 Å². The minimum absolute atomic E-state index is 0.366. The lowest BCUT2D eigenvalue weighted by Crippen LogP contribution is -2.00. The summed E-state index contributed by atoms with van der Waals surface area (Å²) in [6, 6.07) is 1.77. The highest BCUT2D eigenvalue weighted by atomic mass is 32.1. The van der Waals surface area contributed by atoms with Gasteiger partial charge in [0.05, 0.1) is 10.9 Å². The summed E-state index contributed by atoms with van der Waals surface area (Å²) in [7, 11) is 0. The highest BCUT2D eigenvalue weighted by molar-refractivity contribution is 7.07. The van der Waals surface area contributed by atoms with Gasteiger partial charge >= 0.3 is 0 Å². The summed E-state index contributed by atoms with van der Waals surface area (Å²) in [5, 5.41) is 1.84. The minimum Gasteiger partial charge on any atom is -0.469 e. The first kappa shape index (κ1) is 8.12. The molecule has 0 bridgehead atoms. The highest BCUT2D eigenvalue weighted by Crippen LogP contribution is 2.10. The maximum atomic E-state index is 5.31. The monoisotopic (exact) mass is 193 g/mol. The third-order valence-corrected chi connectivity index (χ3v) is 1.94. The van der Waals surface area contributed by atoms with Crippen LogP contribution in [-0.2, 0) is 6.61 Å². The predicted octanol–water partition coefficient (Wildman–Crippen LogP) is 1.51. The van der Waals surface area contributed by atoms with Gasteiger partial charge in [0.1, 0.15) is 6.61 Å². The molecule has 0 saturated carbocycles. The number of hydrogen-bond acceptors (Lipinski definition) is 5. The lowest BCUT2D eigenvalue weighted by atomic mass is 10.6. The van der Waals surface area contributed by atoms with Crippen LogP contribution in [0.25, 0.3) is 0 Å². The molecule has 2 heterocycles. The fourth-order valence-electron chi connectivity index (χ4n) is 0.816. The Morgan fingerprint density at radius 3 is 2.77 bits per heavy atom. The molecular weight excluding hydrogens is 186 g/mol. The molecule has 0 aliphatic carbocycles. The van der Waals surface area contributed by atoms with Crippen molar-refractivity contribution in [2.45, 2.75) is 6.61 Å². The van der Waals surface area contributed by atoms with Gasteiger partial charge in [0.25, 0.3) is 0 Å². The molecule has 4 nitrogen and oxygen atoms in total. The second-order valence-electron chi connectivity index (χ2n) is 2.28. The largest absolute Gasteiger partial charge is 0.469 e. The molecule has 0 radical (unpaired) electrons. The Labute approximate surface area is 79.3 Å². The van der Waals surface area contributed by atoms with Crippen molar-refractivity contribution in [1.29, 1.82) is 0 Å². The molecule has 66 valence electrons. The van der Waals surface area contributed by atoms with Crippen LogP contribution in [0.5, 0.6) is 5.88 Å². The zero-order valence-corrected chi connectivity index (χ0v) is 7.57. The molecule has 2 rings (SSSR count). The highest BCUT2D eigenvalue weighted by Gasteiger charge is 1.97. The van der Waals surface area contributed by atoms with Crippen molar-refractivity contribution < 1.29 is 4.74 Å². The Hall–Kier alpha value is -1.49. The van der Waals surface area contributed by atoms with Crippen molar-refractivity contribution >= 4 is 11.3 Å². The van der Waals surface area contributed by atoms with Crippen LogP contribution in [0.4, 0.5) is 0 Å². The number of thiazole rings is 1. The third kappa shape index (κ3) is 2.22. The van der Waals surface area contributed by atoms with E-state index in [4.69, 9.17) is 4.74 Å². The normalized spacial score (nSPS) is 9.85. The molecule has 0 aromatic carbocycles. The zero-order chi connectivity index (χ0) is 8.93. The number of rotatable bonds is 3. The van der Waals surface area contributed by atoms with Crippen LogP contribution in [-0.4, -0.2) is 15.0 Å². The molecule has 5 heteroatoms. The fourth-order valence-corrected chi connectivity index (χ4v) is 1.29. The van der Waals surface area contributed by atoms with Crippen LogP contribution in [0, 0.1) is 0 Å². The Kier molecular flexibility index (Phi) is 2.47. The fraction of sp³-hybridized carbons (Fsp3) is 0.125. The van der Waals surface area contributed by atoms with Crippen LogP contribution >= 0.6 is 11.3 Å². The van der Waals surface area contributed by atoms with Crippen LogP contribution < -0.4 is 4.74 Å². The Morgan fingerprint density at radius 1 is 1.23 bits per heavy atom. The van der Waals surface area contributed by atoms with Crippen LogP contribution in [0.15, 0.2) is 29.4 Å². The molecule has 0 aliphatic rings. The summed E-state index contributed by atoms with van der Waals surface area (Å²) in [6.45, 7) is 0.366. The van der Waals surface area contributed by atoms with Crippen molar-refractivity contribution in [1.82, 2.24) is 15.0 Å². The first-order chi connectivity index (χ1) is 6.45. The van der Waals surface area contributed by atoms with Crippen molar-refractivity contribution in [2.75, 3.05) is 0 Å². The first-order valence-corrected chi connectivity index (χ1v) is 4.66. The number of ether oxygens (including phenoxy) is 1. The molecule has 0 atom stereocenters. The number of hydrogen-bond donors (Lipinski definition) is 0. The number of nitrogens with zero attached hydrogens (tertiary/aromatic N) is 3. The summed E-state index contributed by atoms with van der Waals surface area (Å²) in [5.74, 6) is 1.29. The molecule has 0 unspecified atom stereocenters. The van der Waals surface area contributed by atoms with E-state index in [1.54, 1.807) is 24.0 Å². The van der Waals surface area contributed by atoms with Crippen LogP contribution in [0.1, 0.15) is 5.82 Å². The zero-order valence-electron chi connectivity index (χ0n) is 6.75. The Morgan fingerprint density at radius 2 is 2.08 bits per heavy atom. The van der Waals surface area contributed by atoms with Gasteiger partial charge in [0.2, 0.25) is 5.88 Å². The topological polar surface area (TPSA) is 47.9 Å². The molecule has 0 N–H and O–H groups in total. The van der Waals surface area contributed by atoms with Crippen molar-refractivity contribution in [3.05, 3.63) is 35.2 Å². The number of aromatic nitrogens is 3.